The Bertz CT molecular complexity index is 1190. The number of thiophene rings is 1. The van der Waals surface area contributed by atoms with Crippen LogP contribution in [0.25, 0.3) is 11.4 Å². The summed E-state index contributed by atoms with van der Waals surface area (Å²) in [6.07, 6.45) is 0. The van der Waals surface area contributed by atoms with E-state index < -0.39 is 33.3 Å². The molecule has 13 heteroatoms. The molecule has 1 aliphatic rings. The van der Waals surface area contributed by atoms with E-state index in [0.717, 1.165) is 29.5 Å². The van der Waals surface area contributed by atoms with Crippen molar-refractivity contribution in [1.29, 1.82) is 0 Å². The third-order valence-electron chi connectivity index (χ3n) is 4.18. The van der Waals surface area contributed by atoms with E-state index in [0.29, 0.717) is 31.9 Å². The van der Waals surface area contributed by atoms with Crippen LogP contribution in [-0.4, -0.2) is 55.7 Å². The lowest BCUT2D eigenvalue weighted by atomic mass is 10.3. The number of nitrogens with zero attached hydrogens (tertiary/aromatic N) is 3. The first kappa shape index (κ1) is 20.4. The number of halogens is 2. The summed E-state index contributed by atoms with van der Waals surface area (Å²) in [4.78, 5) is 17.9. The van der Waals surface area contributed by atoms with E-state index in [2.05, 4.69) is 10.1 Å². The third kappa shape index (κ3) is 4.17. The molecule has 0 radical (unpaired) electrons. The second kappa shape index (κ2) is 8.08. The monoisotopic (exact) mass is 456 g/mol. The average molecular weight is 456 g/mol. The molecule has 1 aromatic carbocycles. The molecule has 1 N–H and O–H groups in total. The number of anilines is 1. The molecule has 30 heavy (non-hydrogen) atoms. The first-order valence-electron chi connectivity index (χ1n) is 8.61. The van der Waals surface area contributed by atoms with Gasteiger partial charge in [-0.1, -0.05) is 5.16 Å². The van der Waals surface area contributed by atoms with Crippen LogP contribution in [0.3, 0.4) is 0 Å². The van der Waals surface area contributed by atoms with Gasteiger partial charge in [-0.2, -0.15) is 4.98 Å². The Hall–Kier alpha value is -2.90. The van der Waals surface area contributed by atoms with Crippen LogP contribution in [0, 0.1) is 11.6 Å². The van der Waals surface area contributed by atoms with Gasteiger partial charge in [-0.05, 0) is 18.2 Å². The minimum atomic E-state index is -4.18. The molecule has 3 heterocycles. The van der Waals surface area contributed by atoms with E-state index in [1.807, 2.05) is 4.72 Å². The van der Waals surface area contributed by atoms with Gasteiger partial charge in [0.25, 0.3) is 10.0 Å². The summed E-state index contributed by atoms with van der Waals surface area (Å²) in [5.41, 5.74) is -0.215. The fourth-order valence-corrected chi connectivity index (χ4v) is 4.89. The van der Waals surface area contributed by atoms with Crippen molar-refractivity contribution in [2.45, 2.75) is 4.21 Å². The van der Waals surface area contributed by atoms with Crippen molar-refractivity contribution in [3.63, 3.8) is 0 Å². The first-order valence-corrected chi connectivity index (χ1v) is 11.0. The number of hydrogen-bond donors (Lipinski definition) is 1. The number of sulfonamides is 1. The molecule has 1 amide bonds. The van der Waals surface area contributed by atoms with E-state index in [1.165, 1.54) is 16.3 Å². The highest BCUT2D eigenvalue weighted by molar-refractivity contribution is 7.94. The number of morpholine rings is 1. The number of carbonyl (C=O) groups excluding carboxylic acids is 1. The first-order chi connectivity index (χ1) is 14.3. The highest BCUT2D eigenvalue weighted by Gasteiger charge is 2.26. The molecule has 4 rings (SSSR count). The Morgan fingerprint density at radius 1 is 1.20 bits per heavy atom. The van der Waals surface area contributed by atoms with Crippen molar-refractivity contribution in [2.24, 2.45) is 0 Å². The zero-order chi connectivity index (χ0) is 21.3. The molecule has 2 aromatic heterocycles. The highest BCUT2D eigenvalue weighted by atomic mass is 32.2. The molecule has 0 saturated carbocycles. The highest BCUT2D eigenvalue weighted by Crippen LogP contribution is 2.29. The Kier molecular flexibility index (Phi) is 5.49. The normalized spacial score (nSPS) is 14.7. The lowest BCUT2D eigenvalue weighted by molar-refractivity contribution is 0.0272. The van der Waals surface area contributed by atoms with E-state index in [-0.39, 0.29) is 15.9 Å². The van der Waals surface area contributed by atoms with Crippen molar-refractivity contribution >= 4 is 33.0 Å². The largest absolute Gasteiger partial charge is 0.378 e. The summed E-state index contributed by atoms with van der Waals surface area (Å²) in [5, 5.41) is 5.17. The van der Waals surface area contributed by atoms with Gasteiger partial charge in [-0.15, -0.1) is 11.3 Å². The molecule has 0 aliphatic carbocycles. The summed E-state index contributed by atoms with van der Waals surface area (Å²) in [6.45, 7) is 1.63. The molecular formula is C17H14F2N4O5S2. The SMILES string of the molecule is O=C(c1nc(-c2csc(S(=O)(=O)Nc3cc(F)ccc3F)c2)no1)N1CCOCC1. The van der Waals surface area contributed by atoms with Gasteiger partial charge in [0.15, 0.2) is 0 Å². The minimum absolute atomic E-state index is 0.0289. The number of aromatic nitrogens is 2. The minimum Gasteiger partial charge on any atom is -0.378 e. The molecule has 1 fully saturated rings. The third-order valence-corrected chi connectivity index (χ3v) is 6.98. The van der Waals surface area contributed by atoms with Crippen molar-refractivity contribution < 1.29 is 31.3 Å². The summed E-state index contributed by atoms with van der Waals surface area (Å²) in [6, 6.07) is 3.68. The Morgan fingerprint density at radius 2 is 1.97 bits per heavy atom. The lowest BCUT2D eigenvalue weighted by Gasteiger charge is -2.25. The topological polar surface area (TPSA) is 115 Å². The van der Waals surface area contributed by atoms with Crippen LogP contribution in [0.1, 0.15) is 10.7 Å². The number of benzene rings is 1. The van der Waals surface area contributed by atoms with Gasteiger partial charge in [-0.25, -0.2) is 17.2 Å². The molecule has 1 aliphatic heterocycles. The number of nitrogens with one attached hydrogen (secondary N) is 1. The Labute approximate surface area is 173 Å². The lowest BCUT2D eigenvalue weighted by Crippen LogP contribution is -2.40. The number of amides is 1. The van der Waals surface area contributed by atoms with Gasteiger partial charge in [-0.3, -0.25) is 9.52 Å². The zero-order valence-corrected chi connectivity index (χ0v) is 16.8. The molecule has 158 valence electrons. The maximum atomic E-state index is 13.8. The predicted octanol–water partition coefficient (Wildman–Crippen LogP) is 2.35. The van der Waals surface area contributed by atoms with Crippen molar-refractivity contribution in [2.75, 3.05) is 31.0 Å². The van der Waals surface area contributed by atoms with Crippen molar-refractivity contribution in [3.8, 4) is 11.4 Å². The maximum Gasteiger partial charge on any atom is 0.316 e. The molecule has 0 bridgehead atoms. The number of rotatable bonds is 5. The summed E-state index contributed by atoms with van der Waals surface area (Å²) in [5.74, 6) is -2.33. The van der Waals surface area contributed by atoms with Gasteiger partial charge in [0, 0.05) is 30.1 Å². The van der Waals surface area contributed by atoms with Crippen LogP contribution >= 0.6 is 11.3 Å². The van der Waals surface area contributed by atoms with Gasteiger partial charge >= 0.3 is 11.8 Å². The van der Waals surface area contributed by atoms with Crippen LogP contribution < -0.4 is 4.72 Å². The van der Waals surface area contributed by atoms with Crippen molar-refractivity contribution in [1.82, 2.24) is 15.0 Å². The second-order valence-electron chi connectivity index (χ2n) is 6.21. The Morgan fingerprint density at radius 3 is 2.73 bits per heavy atom. The van der Waals surface area contributed by atoms with Crippen LogP contribution in [0.2, 0.25) is 0 Å². The standard InChI is InChI=1S/C17H14F2N4O5S2/c18-11-1-2-12(19)13(8-11)22-30(25,26)14-7-10(9-29-14)15-20-16(28-21-15)17(24)23-3-5-27-6-4-23/h1-2,7-9,22H,3-6H2. The van der Waals surface area contributed by atoms with E-state index >= 15 is 0 Å². The quantitative estimate of drug-likeness (QED) is 0.627. The van der Waals surface area contributed by atoms with Crippen LogP contribution in [0.4, 0.5) is 14.5 Å². The summed E-state index contributed by atoms with van der Waals surface area (Å²) < 4.78 is 64.1. The fraction of sp³-hybridized carbons (Fsp3) is 0.235. The Balaban J connectivity index is 1.53. The van der Waals surface area contributed by atoms with Crippen molar-refractivity contribution in [3.05, 3.63) is 47.2 Å². The van der Waals surface area contributed by atoms with E-state index in [9.17, 15) is 22.0 Å². The van der Waals surface area contributed by atoms with E-state index in [1.54, 1.807) is 0 Å². The van der Waals surface area contributed by atoms with Gasteiger partial charge < -0.3 is 14.2 Å². The average Bonchev–Trinajstić information content (AvgIpc) is 3.40. The van der Waals surface area contributed by atoms with Crippen LogP contribution in [-0.2, 0) is 14.8 Å². The zero-order valence-electron chi connectivity index (χ0n) is 15.2. The van der Waals surface area contributed by atoms with Gasteiger partial charge in [0.2, 0.25) is 5.82 Å². The summed E-state index contributed by atoms with van der Waals surface area (Å²) >= 11 is 0.826. The molecule has 0 spiro atoms. The van der Waals surface area contributed by atoms with Crippen LogP contribution in [0.15, 0.2) is 38.4 Å². The molecule has 0 atom stereocenters. The smallest absolute Gasteiger partial charge is 0.316 e. The summed E-state index contributed by atoms with van der Waals surface area (Å²) in [7, 11) is -4.18. The predicted molar refractivity (Wildman–Crippen MR) is 102 cm³/mol. The maximum absolute atomic E-state index is 13.8. The van der Waals surface area contributed by atoms with Crippen LogP contribution in [0.5, 0.6) is 0 Å². The molecule has 1 saturated heterocycles. The molecule has 9 nitrogen and oxygen atoms in total. The van der Waals surface area contributed by atoms with Gasteiger partial charge in [0.1, 0.15) is 15.8 Å². The number of ether oxygens (including phenoxy) is 1. The molecular weight excluding hydrogens is 442 g/mol. The number of carbonyl (C=O) groups is 1. The second-order valence-corrected chi connectivity index (χ2v) is 9.03. The van der Waals surface area contributed by atoms with Gasteiger partial charge in [0.05, 0.1) is 18.9 Å². The molecule has 3 aromatic rings. The molecule has 0 unspecified atom stereocenters. The van der Waals surface area contributed by atoms with E-state index in [4.69, 9.17) is 9.26 Å². The fourth-order valence-electron chi connectivity index (χ4n) is 2.67. The number of hydrogen-bond acceptors (Lipinski definition) is 8.